The second-order valence-electron chi connectivity index (χ2n) is 6.37. The molecule has 0 unspecified atom stereocenters. The monoisotopic (exact) mass is 540 g/mol. The first-order valence-electron chi connectivity index (χ1n) is 9.66. The molecule has 31 heavy (non-hydrogen) atoms. The van der Waals surface area contributed by atoms with Crippen molar-refractivity contribution in [3.05, 3.63) is 78.1 Å². The van der Waals surface area contributed by atoms with E-state index in [0.29, 0.717) is 43.9 Å². The summed E-state index contributed by atoms with van der Waals surface area (Å²) in [4.78, 5) is 8.47. The molecular weight excluding hydrogens is 514 g/mol. The van der Waals surface area contributed by atoms with Crippen LogP contribution in [0, 0.1) is 5.82 Å². The van der Waals surface area contributed by atoms with Gasteiger partial charge in [-0.15, -0.1) is 24.0 Å². The molecule has 166 valence electrons. The largest absolute Gasteiger partial charge is 0.467 e. The molecule has 0 aliphatic carbocycles. The minimum Gasteiger partial charge on any atom is -0.467 e. The molecule has 2 aromatic heterocycles. The van der Waals surface area contributed by atoms with Gasteiger partial charge in [-0.1, -0.05) is 12.1 Å². The van der Waals surface area contributed by atoms with E-state index in [4.69, 9.17) is 13.9 Å². The number of guanidine groups is 1. The van der Waals surface area contributed by atoms with E-state index in [9.17, 15) is 4.39 Å². The van der Waals surface area contributed by atoms with Crippen molar-refractivity contribution in [3.63, 3.8) is 0 Å². The highest BCUT2D eigenvalue weighted by Crippen LogP contribution is 2.23. The van der Waals surface area contributed by atoms with Gasteiger partial charge in [-0.05, 0) is 36.8 Å². The zero-order valence-electron chi connectivity index (χ0n) is 17.2. The molecule has 3 rings (SSSR count). The van der Waals surface area contributed by atoms with Gasteiger partial charge < -0.3 is 24.5 Å². The van der Waals surface area contributed by atoms with Crippen LogP contribution in [0.1, 0.15) is 17.7 Å². The molecule has 0 saturated carbocycles. The molecule has 0 radical (unpaired) electrons. The van der Waals surface area contributed by atoms with Crippen molar-refractivity contribution in [1.82, 2.24) is 15.6 Å². The van der Waals surface area contributed by atoms with Crippen molar-refractivity contribution in [2.24, 2.45) is 4.99 Å². The van der Waals surface area contributed by atoms with Crippen LogP contribution in [0.25, 0.3) is 0 Å². The van der Waals surface area contributed by atoms with E-state index in [1.165, 1.54) is 12.1 Å². The Morgan fingerprint density at radius 1 is 1.16 bits per heavy atom. The van der Waals surface area contributed by atoms with Crippen LogP contribution in [0.4, 0.5) is 4.39 Å². The van der Waals surface area contributed by atoms with Crippen molar-refractivity contribution >= 4 is 29.9 Å². The first-order valence-corrected chi connectivity index (χ1v) is 9.66. The van der Waals surface area contributed by atoms with Crippen LogP contribution in [0.2, 0.25) is 0 Å². The summed E-state index contributed by atoms with van der Waals surface area (Å²) in [6.45, 7) is 2.23. The van der Waals surface area contributed by atoms with E-state index < -0.39 is 0 Å². The summed E-state index contributed by atoms with van der Waals surface area (Å²) >= 11 is 0. The van der Waals surface area contributed by atoms with Crippen LogP contribution >= 0.6 is 24.0 Å². The van der Waals surface area contributed by atoms with Crippen LogP contribution in [-0.4, -0.2) is 31.1 Å². The van der Waals surface area contributed by atoms with Crippen molar-refractivity contribution in [2.75, 3.05) is 20.2 Å². The molecule has 0 atom stereocenters. The van der Waals surface area contributed by atoms with Crippen LogP contribution in [0.15, 0.2) is 70.4 Å². The molecule has 0 aliphatic rings. The van der Waals surface area contributed by atoms with Crippen molar-refractivity contribution in [2.45, 2.75) is 19.6 Å². The standard InChI is InChI=1S/C22H25FN4O3.HI/c1-24-22(26-11-5-12-28-16-20-9-4-13-29-20)27-15-17-6-3-10-25-21(17)30-19-8-2-7-18(23)14-19;/h2-4,6-10,13-14H,5,11-12,15-16H2,1H3,(H2,24,26,27);1H. The minimum absolute atomic E-state index is 0. The number of aromatic nitrogens is 1. The second-order valence-corrected chi connectivity index (χ2v) is 6.37. The third-order valence-electron chi connectivity index (χ3n) is 4.11. The molecule has 0 saturated heterocycles. The topological polar surface area (TPSA) is 80.9 Å². The summed E-state index contributed by atoms with van der Waals surface area (Å²) in [5.41, 5.74) is 0.825. The number of nitrogens with zero attached hydrogens (tertiary/aromatic N) is 2. The number of benzene rings is 1. The van der Waals surface area contributed by atoms with Gasteiger partial charge in [-0.25, -0.2) is 9.37 Å². The van der Waals surface area contributed by atoms with Crippen LogP contribution < -0.4 is 15.4 Å². The molecule has 0 fully saturated rings. The van der Waals surface area contributed by atoms with Gasteiger partial charge in [0, 0.05) is 44.6 Å². The Bertz CT molecular complexity index is 938. The zero-order valence-corrected chi connectivity index (χ0v) is 19.5. The highest BCUT2D eigenvalue weighted by molar-refractivity contribution is 14.0. The van der Waals surface area contributed by atoms with E-state index in [0.717, 1.165) is 17.7 Å². The molecule has 0 bridgehead atoms. The van der Waals surface area contributed by atoms with Gasteiger partial charge in [0.05, 0.1) is 6.26 Å². The maximum absolute atomic E-state index is 13.4. The molecule has 0 aliphatic heterocycles. The Kier molecular flexibility index (Phi) is 10.8. The average Bonchev–Trinajstić information content (AvgIpc) is 3.27. The lowest BCUT2D eigenvalue weighted by molar-refractivity contribution is 0.105. The van der Waals surface area contributed by atoms with Crippen LogP contribution in [-0.2, 0) is 17.9 Å². The lowest BCUT2D eigenvalue weighted by Crippen LogP contribution is -2.37. The molecule has 7 nitrogen and oxygen atoms in total. The Labute approximate surface area is 198 Å². The number of furan rings is 1. The van der Waals surface area contributed by atoms with Crippen LogP contribution in [0.3, 0.4) is 0 Å². The van der Waals surface area contributed by atoms with Crippen molar-refractivity contribution in [1.29, 1.82) is 0 Å². The van der Waals surface area contributed by atoms with Gasteiger partial charge in [0.15, 0.2) is 5.96 Å². The number of hydrogen-bond acceptors (Lipinski definition) is 5. The summed E-state index contributed by atoms with van der Waals surface area (Å²) in [6, 6.07) is 13.4. The number of aliphatic imine (C=N–C) groups is 1. The first kappa shape index (κ1) is 24.6. The first-order chi connectivity index (χ1) is 14.7. The Morgan fingerprint density at radius 3 is 2.84 bits per heavy atom. The summed E-state index contributed by atoms with van der Waals surface area (Å²) in [7, 11) is 1.70. The number of ether oxygens (including phenoxy) is 2. The minimum atomic E-state index is -0.360. The van der Waals surface area contributed by atoms with E-state index in [1.807, 2.05) is 24.3 Å². The van der Waals surface area contributed by atoms with Gasteiger partial charge in [0.25, 0.3) is 0 Å². The summed E-state index contributed by atoms with van der Waals surface area (Å²) in [5.74, 6) is 1.92. The van der Waals surface area contributed by atoms with E-state index in [-0.39, 0.29) is 29.8 Å². The fraction of sp³-hybridized carbons (Fsp3) is 0.273. The van der Waals surface area contributed by atoms with Gasteiger partial charge >= 0.3 is 0 Å². The maximum atomic E-state index is 13.4. The summed E-state index contributed by atoms with van der Waals surface area (Å²) in [6.07, 6.45) is 4.09. The van der Waals surface area contributed by atoms with Gasteiger partial charge in [0.2, 0.25) is 5.88 Å². The predicted octanol–water partition coefficient (Wildman–Crippen LogP) is 4.50. The third-order valence-corrected chi connectivity index (χ3v) is 4.11. The number of rotatable bonds is 10. The zero-order chi connectivity index (χ0) is 21.0. The molecule has 9 heteroatoms. The SMILES string of the molecule is CN=C(NCCCOCc1ccco1)NCc1cccnc1Oc1cccc(F)c1.I. The lowest BCUT2D eigenvalue weighted by Gasteiger charge is -2.14. The normalized spacial score (nSPS) is 11.0. The molecule has 1 aromatic carbocycles. The molecule has 2 N–H and O–H groups in total. The summed E-state index contributed by atoms with van der Waals surface area (Å²) in [5, 5.41) is 6.46. The number of halogens is 2. The Hall–Kier alpha value is -2.66. The quantitative estimate of drug-likeness (QED) is 0.171. The lowest BCUT2D eigenvalue weighted by atomic mass is 10.2. The smallest absolute Gasteiger partial charge is 0.224 e. The highest BCUT2D eigenvalue weighted by Gasteiger charge is 2.08. The van der Waals surface area contributed by atoms with Crippen molar-refractivity contribution < 1.29 is 18.3 Å². The van der Waals surface area contributed by atoms with Gasteiger partial charge in [0.1, 0.15) is 23.9 Å². The summed E-state index contributed by atoms with van der Waals surface area (Å²) < 4.78 is 29.9. The number of pyridine rings is 1. The fourth-order valence-electron chi connectivity index (χ4n) is 2.64. The van der Waals surface area contributed by atoms with Crippen molar-refractivity contribution in [3.8, 4) is 11.6 Å². The highest BCUT2D eigenvalue weighted by atomic mass is 127. The second kappa shape index (κ2) is 13.6. The Morgan fingerprint density at radius 2 is 2.06 bits per heavy atom. The molecule has 3 aromatic rings. The van der Waals surface area contributed by atoms with Crippen LogP contribution in [0.5, 0.6) is 11.6 Å². The number of nitrogens with one attached hydrogen (secondary N) is 2. The maximum Gasteiger partial charge on any atom is 0.224 e. The molecule has 2 heterocycles. The third kappa shape index (κ3) is 8.54. The van der Waals surface area contributed by atoms with E-state index >= 15 is 0 Å². The predicted molar refractivity (Wildman–Crippen MR) is 127 cm³/mol. The average molecular weight is 540 g/mol. The van der Waals surface area contributed by atoms with E-state index in [2.05, 4.69) is 20.6 Å². The van der Waals surface area contributed by atoms with Gasteiger partial charge in [-0.2, -0.15) is 0 Å². The molecule has 0 spiro atoms. The van der Waals surface area contributed by atoms with Gasteiger partial charge in [-0.3, -0.25) is 4.99 Å². The molecular formula is C22H26FIN4O3. The fourth-order valence-corrected chi connectivity index (χ4v) is 2.64. The Balaban J connectivity index is 0.00000341. The van der Waals surface area contributed by atoms with E-state index in [1.54, 1.807) is 31.6 Å². The number of hydrogen-bond donors (Lipinski definition) is 2. The molecule has 0 amide bonds.